The molecule has 0 unspecified atom stereocenters. The van der Waals surface area contributed by atoms with E-state index < -0.39 is 0 Å². The highest BCUT2D eigenvalue weighted by molar-refractivity contribution is 7.81. The molecule has 0 aromatic rings. The lowest BCUT2D eigenvalue weighted by molar-refractivity contribution is 0.232. The van der Waals surface area contributed by atoms with Crippen LogP contribution in [0.3, 0.4) is 0 Å². The third-order valence-corrected chi connectivity index (χ3v) is 1.15. The Kier molecular flexibility index (Phi) is 4.73. The molecule has 0 amide bonds. The minimum Gasteiger partial charge on any atom is -0.484 e. The van der Waals surface area contributed by atoms with Gasteiger partial charge in [-0.3, -0.25) is 0 Å². The lowest BCUT2D eigenvalue weighted by Gasteiger charge is -2.09. The number of thiocarbonyl (C=S) groups is 2. The van der Waals surface area contributed by atoms with Crippen LogP contribution in [0.1, 0.15) is 27.2 Å². The van der Waals surface area contributed by atoms with Crippen LogP contribution >= 0.6 is 24.4 Å². The van der Waals surface area contributed by atoms with Gasteiger partial charge < -0.3 is 4.74 Å². The molecule has 58 valence electrons. The molecule has 0 atom stereocenters. The van der Waals surface area contributed by atoms with E-state index in [1.807, 2.05) is 20.8 Å². The fourth-order valence-electron chi connectivity index (χ4n) is 0.508. The summed E-state index contributed by atoms with van der Waals surface area (Å²) in [6.45, 7) is 5.77. The van der Waals surface area contributed by atoms with Crippen molar-refractivity contribution in [3.8, 4) is 0 Å². The predicted octanol–water partition coefficient (Wildman–Crippen LogP) is 2.52. The van der Waals surface area contributed by atoms with E-state index in [1.54, 1.807) is 0 Å². The summed E-state index contributed by atoms with van der Waals surface area (Å²) < 4.78 is 5.20. The smallest absolute Gasteiger partial charge is 0.164 e. The number of rotatable bonds is 3. The zero-order chi connectivity index (χ0) is 8.15. The van der Waals surface area contributed by atoms with E-state index in [-0.39, 0.29) is 6.10 Å². The standard InChI is InChI=1S/C7H12OS2/c1-5(2)8-7(10)4-6(3)9/h5H,4H2,1-3H3. The van der Waals surface area contributed by atoms with Crippen LogP contribution in [-0.2, 0) is 4.74 Å². The minimum absolute atomic E-state index is 0.168. The predicted molar refractivity (Wildman–Crippen MR) is 51.7 cm³/mol. The zero-order valence-corrected chi connectivity index (χ0v) is 8.14. The maximum absolute atomic E-state index is 5.20. The van der Waals surface area contributed by atoms with Crippen LogP contribution in [0.25, 0.3) is 0 Å². The maximum Gasteiger partial charge on any atom is 0.164 e. The molecule has 0 saturated carbocycles. The van der Waals surface area contributed by atoms with E-state index in [2.05, 4.69) is 0 Å². The van der Waals surface area contributed by atoms with Crippen molar-refractivity contribution in [1.29, 1.82) is 0 Å². The summed E-state index contributed by atoms with van der Waals surface area (Å²) in [4.78, 5) is 0.880. The Morgan fingerprint density at radius 1 is 1.40 bits per heavy atom. The molecule has 0 saturated heterocycles. The first-order valence-corrected chi connectivity index (χ1v) is 4.03. The molecular formula is C7H12OS2. The average Bonchev–Trinajstić information content (AvgIpc) is 1.58. The lowest BCUT2D eigenvalue weighted by Crippen LogP contribution is -2.11. The van der Waals surface area contributed by atoms with E-state index in [4.69, 9.17) is 29.2 Å². The van der Waals surface area contributed by atoms with Gasteiger partial charge in [-0.1, -0.05) is 12.2 Å². The summed E-state index contributed by atoms with van der Waals surface area (Å²) in [5, 5.41) is 0.600. The molecule has 0 N–H and O–H groups in total. The summed E-state index contributed by atoms with van der Waals surface area (Å²) in [6.07, 6.45) is 0.796. The van der Waals surface area contributed by atoms with Gasteiger partial charge in [0, 0.05) is 6.42 Å². The van der Waals surface area contributed by atoms with E-state index >= 15 is 0 Å². The molecule has 0 aromatic heterocycles. The SMILES string of the molecule is CC(=S)CC(=S)OC(C)C. The summed E-state index contributed by atoms with van der Waals surface area (Å²) in [7, 11) is 0. The lowest BCUT2D eigenvalue weighted by atomic mass is 10.3. The first-order valence-electron chi connectivity index (χ1n) is 3.21. The van der Waals surface area contributed by atoms with Crippen molar-refractivity contribution >= 4 is 34.4 Å². The summed E-state index contributed by atoms with van der Waals surface area (Å²) in [5.41, 5.74) is 0. The Morgan fingerprint density at radius 3 is 2.20 bits per heavy atom. The molecule has 0 aliphatic carbocycles. The van der Waals surface area contributed by atoms with Gasteiger partial charge >= 0.3 is 0 Å². The second-order valence-electron chi connectivity index (χ2n) is 2.42. The second-order valence-corrected chi connectivity index (χ2v) is 3.57. The van der Waals surface area contributed by atoms with Crippen LogP contribution < -0.4 is 0 Å². The Bertz CT molecular complexity index is 141. The molecule has 0 rings (SSSR count). The van der Waals surface area contributed by atoms with Crippen LogP contribution in [0.15, 0.2) is 0 Å². The van der Waals surface area contributed by atoms with Crippen molar-refractivity contribution in [2.45, 2.75) is 33.3 Å². The van der Waals surface area contributed by atoms with Gasteiger partial charge in [0.15, 0.2) is 5.05 Å². The quantitative estimate of drug-likeness (QED) is 0.612. The van der Waals surface area contributed by atoms with E-state index in [9.17, 15) is 0 Å². The molecule has 0 fully saturated rings. The molecule has 1 nitrogen and oxygen atoms in total. The molecule has 3 heteroatoms. The molecule has 0 heterocycles. The topological polar surface area (TPSA) is 9.23 Å². The summed E-state index contributed by atoms with van der Waals surface area (Å²) >= 11 is 9.75. The van der Waals surface area contributed by atoms with Crippen LogP contribution in [0.4, 0.5) is 0 Å². The van der Waals surface area contributed by atoms with Gasteiger partial charge in [-0.05, 0) is 37.9 Å². The Balaban J connectivity index is 3.54. The normalized spacial score (nSPS) is 9.60. The van der Waals surface area contributed by atoms with Crippen molar-refractivity contribution in [3.05, 3.63) is 0 Å². The molecule has 0 bridgehead atoms. The highest BCUT2D eigenvalue weighted by Crippen LogP contribution is 1.97. The van der Waals surface area contributed by atoms with Crippen LogP contribution in [-0.4, -0.2) is 16.0 Å². The Hall–Kier alpha value is -0.0200. The Labute approximate surface area is 72.8 Å². The van der Waals surface area contributed by atoms with Crippen LogP contribution in [0.2, 0.25) is 0 Å². The van der Waals surface area contributed by atoms with Gasteiger partial charge in [0.1, 0.15) is 0 Å². The van der Waals surface area contributed by atoms with Gasteiger partial charge in [0.2, 0.25) is 0 Å². The zero-order valence-electron chi connectivity index (χ0n) is 6.51. The largest absolute Gasteiger partial charge is 0.484 e. The van der Waals surface area contributed by atoms with Crippen molar-refractivity contribution in [2.24, 2.45) is 0 Å². The molecule has 0 aliphatic heterocycles. The third kappa shape index (κ3) is 6.11. The fraction of sp³-hybridized carbons (Fsp3) is 0.714. The molecule has 0 spiro atoms. The third-order valence-electron chi connectivity index (χ3n) is 0.760. The fourth-order valence-corrected chi connectivity index (χ4v) is 1.14. The van der Waals surface area contributed by atoms with Crippen molar-refractivity contribution in [2.75, 3.05) is 0 Å². The number of ether oxygens (including phenoxy) is 1. The van der Waals surface area contributed by atoms with Crippen LogP contribution in [0, 0.1) is 0 Å². The average molecular weight is 176 g/mol. The molecule has 0 aliphatic rings. The minimum atomic E-state index is 0.168. The maximum atomic E-state index is 5.20. The van der Waals surface area contributed by atoms with Gasteiger partial charge in [0.05, 0.1) is 6.10 Å². The van der Waals surface area contributed by atoms with Gasteiger partial charge in [-0.2, -0.15) is 0 Å². The first-order chi connectivity index (χ1) is 4.52. The van der Waals surface area contributed by atoms with Gasteiger partial charge in [0.25, 0.3) is 0 Å². The highest BCUT2D eigenvalue weighted by Gasteiger charge is 2.00. The summed E-state index contributed by atoms with van der Waals surface area (Å²) in [5.74, 6) is 0. The van der Waals surface area contributed by atoms with Crippen molar-refractivity contribution < 1.29 is 4.74 Å². The monoisotopic (exact) mass is 176 g/mol. The van der Waals surface area contributed by atoms with Gasteiger partial charge in [-0.15, -0.1) is 0 Å². The second kappa shape index (κ2) is 4.74. The molecule has 0 aromatic carbocycles. The molecule has 0 radical (unpaired) electrons. The van der Waals surface area contributed by atoms with E-state index in [1.165, 1.54) is 0 Å². The van der Waals surface area contributed by atoms with E-state index in [0.717, 1.165) is 4.86 Å². The van der Waals surface area contributed by atoms with Crippen molar-refractivity contribution in [1.82, 2.24) is 0 Å². The molecule has 10 heavy (non-hydrogen) atoms. The van der Waals surface area contributed by atoms with Crippen LogP contribution in [0.5, 0.6) is 0 Å². The number of hydrogen-bond donors (Lipinski definition) is 0. The van der Waals surface area contributed by atoms with Gasteiger partial charge in [-0.25, -0.2) is 0 Å². The molecular weight excluding hydrogens is 164 g/mol. The number of hydrogen-bond acceptors (Lipinski definition) is 3. The summed E-state index contributed by atoms with van der Waals surface area (Å²) in [6, 6.07) is 0. The Morgan fingerprint density at radius 2 is 1.90 bits per heavy atom. The highest BCUT2D eigenvalue weighted by atomic mass is 32.1. The first kappa shape index (κ1) is 9.98. The van der Waals surface area contributed by atoms with Crippen molar-refractivity contribution in [3.63, 3.8) is 0 Å². The van der Waals surface area contributed by atoms with E-state index in [0.29, 0.717) is 11.5 Å².